The van der Waals surface area contributed by atoms with Gasteiger partial charge in [-0.05, 0) is 41.3 Å². The molecular formula is C25H25F2N3O6. The number of ether oxygens (including phenoxy) is 3. The van der Waals surface area contributed by atoms with Gasteiger partial charge in [0.2, 0.25) is 5.91 Å². The molecule has 190 valence electrons. The highest BCUT2D eigenvalue weighted by atomic mass is 19.1. The molecule has 1 heterocycles. The standard InChI is InChI=1S/C25H25F2N3O6/c1-3-21(25(32)33)36-24-20(27)11-19(26)23(30-24)35-18-9-16(15-6-4-5-14(7-15)12-28)8-17(10-18)29-22(31)13-34-2/h4-11,21H,3,12-13,28H2,1-2H3,(H,29,31)(H,32,33). The Hall–Kier alpha value is -4.09. The molecule has 0 radical (unpaired) electrons. The van der Waals surface area contributed by atoms with Crippen molar-refractivity contribution in [2.24, 2.45) is 5.73 Å². The molecule has 1 atom stereocenters. The fraction of sp³-hybridized carbons (Fsp3) is 0.240. The summed E-state index contributed by atoms with van der Waals surface area (Å²) in [5.74, 6) is -5.38. The Balaban J connectivity index is 2.01. The quantitative estimate of drug-likeness (QED) is 0.358. The third-order valence-electron chi connectivity index (χ3n) is 4.94. The van der Waals surface area contributed by atoms with E-state index in [0.29, 0.717) is 23.9 Å². The van der Waals surface area contributed by atoms with Gasteiger partial charge in [-0.3, -0.25) is 4.79 Å². The first-order chi connectivity index (χ1) is 17.2. The number of aromatic nitrogens is 1. The predicted molar refractivity (Wildman–Crippen MR) is 127 cm³/mol. The zero-order valence-electron chi connectivity index (χ0n) is 19.6. The number of nitrogens with one attached hydrogen (secondary N) is 1. The SMILES string of the molecule is CCC(Oc1nc(Oc2cc(NC(=O)COC)cc(-c3cccc(CN)c3)c2)c(F)cc1F)C(=O)O. The van der Waals surface area contributed by atoms with E-state index in [1.54, 1.807) is 12.1 Å². The van der Waals surface area contributed by atoms with Crippen LogP contribution in [0.25, 0.3) is 11.1 Å². The van der Waals surface area contributed by atoms with Crippen molar-refractivity contribution in [3.05, 3.63) is 65.7 Å². The van der Waals surface area contributed by atoms with E-state index in [1.165, 1.54) is 20.1 Å². The average Bonchev–Trinajstić information content (AvgIpc) is 2.84. The lowest BCUT2D eigenvalue weighted by Gasteiger charge is -2.15. The maximum Gasteiger partial charge on any atom is 0.344 e. The van der Waals surface area contributed by atoms with Crippen LogP contribution in [-0.2, 0) is 20.9 Å². The van der Waals surface area contributed by atoms with Crippen molar-refractivity contribution in [2.75, 3.05) is 19.0 Å². The summed E-state index contributed by atoms with van der Waals surface area (Å²) in [5.41, 5.74) is 8.27. The number of carbonyl (C=O) groups excluding carboxylic acids is 1. The first-order valence-corrected chi connectivity index (χ1v) is 10.9. The van der Waals surface area contributed by atoms with Crippen LogP contribution in [0.4, 0.5) is 14.5 Å². The summed E-state index contributed by atoms with van der Waals surface area (Å²) in [4.78, 5) is 27.0. The van der Waals surface area contributed by atoms with E-state index in [2.05, 4.69) is 10.3 Å². The molecule has 4 N–H and O–H groups in total. The minimum atomic E-state index is -1.38. The van der Waals surface area contributed by atoms with Gasteiger partial charge in [0.25, 0.3) is 11.8 Å². The van der Waals surface area contributed by atoms with E-state index >= 15 is 0 Å². The molecule has 11 heteroatoms. The first kappa shape index (κ1) is 26.5. The maximum absolute atomic E-state index is 14.5. The smallest absolute Gasteiger partial charge is 0.344 e. The van der Waals surface area contributed by atoms with Gasteiger partial charge in [0, 0.05) is 31.5 Å². The number of methoxy groups -OCH3 is 1. The van der Waals surface area contributed by atoms with Crippen LogP contribution in [0, 0.1) is 11.6 Å². The summed E-state index contributed by atoms with van der Waals surface area (Å²) < 4.78 is 44.3. The van der Waals surface area contributed by atoms with E-state index in [4.69, 9.17) is 25.1 Å². The number of anilines is 1. The van der Waals surface area contributed by atoms with E-state index in [1.807, 2.05) is 24.3 Å². The number of carboxylic acids is 1. The Morgan fingerprint density at radius 3 is 2.50 bits per heavy atom. The van der Waals surface area contributed by atoms with Crippen LogP contribution >= 0.6 is 0 Å². The molecule has 1 aromatic heterocycles. The zero-order chi connectivity index (χ0) is 26.2. The second kappa shape index (κ2) is 12.0. The molecule has 0 aliphatic rings. The van der Waals surface area contributed by atoms with Crippen molar-refractivity contribution in [1.29, 1.82) is 0 Å². The Labute approximate surface area is 205 Å². The monoisotopic (exact) mass is 501 g/mol. The molecule has 3 rings (SSSR count). The van der Waals surface area contributed by atoms with E-state index < -0.39 is 41.4 Å². The summed E-state index contributed by atoms with van der Waals surface area (Å²) in [6.45, 7) is 1.65. The molecule has 0 saturated heterocycles. The maximum atomic E-state index is 14.5. The number of hydrogen-bond acceptors (Lipinski definition) is 7. The van der Waals surface area contributed by atoms with Crippen molar-refractivity contribution in [2.45, 2.75) is 26.0 Å². The van der Waals surface area contributed by atoms with Gasteiger partial charge in [-0.25, -0.2) is 13.6 Å². The summed E-state index contributed by atoms with van der Waals surface area (Å²) in [7, 11) is 1.37. The third-order valence-corrected chi connectivity index (χ3v) is 4.94. The van der Waals surface area contributed by atoms with Gasteiger partial charge in [0.05, 0.1) is 0 Å². The van der Waals surface area contributed by atoms with Gasteiger partial charge < -0.3 is 30.4 Å². The van der Waals surface area contributed by atoms with Crippen LogP contribution in [0.1, 0.15) is 18.9 Å². The molecule has 0 aliphatic carbocycles. The highest BCUT2D eigenvalue weighted by Gasteiger charge is 2.22. The molecule has 0 aliphatic heterocycles. The summed E-state index contributed by atoms with van der Waals surface area (Å²) in [6, 6.07) is 12.5. The summed E-state index contributed by atoms with van der Waals surface area (Å²) >= 11 is 0. The second-order valence-electron chi connectivity index (χ2n) is 7.65. The molecule has 0 fully saturated rings. The van der Waals surface area contributed by atoms with Crippen LogP contribution in [-0.4, -0.2) is 41.8 Å². The topological polar surface area (TPSA) is 133 Å². The number of rotatable bonds is 11. The lowest BCUT2D eigenvalue weighted by molar-refractivity contribution is -0.145. The molecule has 2 aromatic carbocycles. The number of carbonyl (C=O) groups is 2. The Kier molecular flexibility index (Phi) is 8.87. The number of amides is 1. The van der Waals surface area contributed by atoms with Crippen LogP contribution < -0.4 is 20.5 Å². The molecular weight excluding hydrogens is 476 g/mol. The van der Waals surface area contributed by atoms with Crippen LogP contribution in [0.3, 0.4) is 0 Å². The number of hydrogen-bond donors (Lipinski definition) is 3. The second-order valence-corrected chi connectivity index (χ2v) is 7.65. The van der Waals surface area contributed by atoms with E-state index in [0.717, 1.165) is 11.1 Å². The average molecular weight is 501 g/mol. The van der Waals surface area contributed by atoms with Gasteiger partial charge in [0.1, 0.15) is 12.4 Å². The van der Waals surface area contributed by atoms with Crippen LogP contribution in [0.2, 0.25) is 0 Å². The van der Waals surface area contributed by atoms with Crippen LogP contribution in [0.15, 0.2) is 48.5 Å². The molecule has 0 bridgehead atoms. The summed E-state index contributed by atoms with van der Waals surface area (Å²) in [5, 5.41) is 11.8. The fourth-order valence-corrected chi connectivity index (χ4v) is 3.25. The highest BCUT2D eigenvalue weighted by Crippen LogP contribution is 2.33. The van der Waals surface area contributed by atoms with Crippen molar-refractivity contribution in [1.82, 2.24) is 4.98 Å². The Morgan fingerprint density at radius 2 is 1.83 bits per heavy atom. The third kappa shape index (κ3) is 6.74. The number of benzene rings is 2. The summed E-state index contributed by atoms with van der Waals surface area (Å²) in [6.07, 6.45) is -1.36. The normalized spacial score (nSPS) is 11.6. The largest absolute Gasteiger partial charge is 0.479 e. The molecule has 0 spiro atoms. The number of nitrogens with zero attached hydrogens (tertiary/aromatic N) is 1. The van der Waals surface area contributed by atoms with Crippen molar-refractivity contribution in [3.8, 4) is 28.6 Å². The van der Waals surface area contributed by atoms with Crippen LogP contribution in [0.5, 0.6) is 17.5 Å². The van der Waals surface area contributed by atoms with Gasteiger partial charge in [-0.15, -0.1) is 0 Å². The van der Waals surface area contributed by atoms with Gasteiger partial charge in [0.15, 0.2) is 17.7 Å². The number of pyridine rings is 1. The minimum absolute atomic E-state index is 0.0263. The van der Waals surface area contributed by atoms with E-state index in [-0.39, 0.29) is 18.8 Å². The lowest BCUT2D eigenvalue weighted by atomic mass is 10.0. The van der Waals surface area contributed by atoms with Crippen molar-refractivity contribution in [3.63, 3.8) is 0 Å². The first-order valence-electron chi connectivity index (χ1n) is 10.9. The number of halogens is 2. The van der Waals surface area contributed by atoms with Gasteiger partial charge in [-0.2, -0.15) is 4.98 Å². The van der Waals surface area contributed by atoms with Crippen molar-refractivity contribution >= 4 is 17.6 Å². The molecule has 1 amide bonds. The predicted octanol–water partition coefficient (Wildman–Crippen LogP) is 4.10. The minimum Gasteiger partial charge on any atom is -0.479 e. The molecule has 1 unspecified atom stereocenters. The Morgan fingerprint density at radius 1 is 1.08 bits per heavy atom. The number of carboxylic acid groups (broad SMARTS) is 1. The Bertz CT molecular complexity index is 1250. The molecule has 9 nitrogen and oxygen atoms in total. The molecule has 0 saturated carbocycles. The van der Waals surface area contributed by atoms with Gasteiger partial charge in [-0.1, -0.05) is 25.1 Å². The fourth-order valence-electron chi connectivity index (χ4n) is 3.25. The highest BCUT2D eigenvalue weighted by molar-refractivity contribution is 5.92. The lowest BCUT2D eigenvalue weighted by Crippen LogP contribution is -2.26. The van der Waals surface area contributed by atoms with E-state index in [9.17, 15) is 18.4 Å². The molecule has 36 heavy (non-hydrogen) atoms. The zero-order valence-corrected chi connectivity index (χ0v) is 19.6. The molecule has 3 aromatic rings. The number of nitrogens with two attached hydrogens (primary N) is 1. The number of aliphatic carboxylic acids is 1. The van der Waals surface area contributed by atoms with Crippen molar-refractivity contribution < 1.29 is 37.7 Å². The van der Waals surface area contributed by atoms with Gasteiger partial charge >= 0.3 is 5.97 Å².